The molecular formula is C12H13NO4S. The molecule has 2 N–H and O–H groups in total. The molecule has 0 fully saturated rings. The minimum Gasteiger partial charge on any atom is -0.492 e. The summed E-state index contributed by atoms with van der Waals surface area (Å²) in [6.07, 6.45) is 0.725. The smallest absolute Gasteiger partial charge is 0.245 e. The summed E-state index contributed by atoms with van der Waals surface area (Å²) in [5, 5.41) is 8.47. The number of ether oxygens (including phenoxy) is 1. The van der Waals surface area contributed by atoms with Gasteiger partial charge in [0.2, 0.25) is 10.0 Å². The van der Waals surface area contributed by atoms with E-state index in [1.54, 1.807) is 6.07 Å². The van der Waals surface area contributed by atoms with Crippen LogP contribution in [0.5, 0.6) is 5.75 Å². The molecule has 0 amide bonds. The lowest BCUT2D eigenvalue weighted by atomic mass is 10.2. The van der Waals surface area contributed by atoms with Crippen LogP contribution in [0.15, 0.2) is 23.1 Å². The van der Waals surface area contributed by atoms with Crippen molar-refractivity contribution >= 4 is 10.0 Å². The molecule has 0 saturated carbocycles. The molecule has 96 valence electrons. The molecule has 0 unspecified atom stereocenters. The summed E-state index contributed by atoms with van der Waals surface area (Å²) < 4.78 is 31.8. The van der Waals surface area contributed by atoms with Crippen LogP contribution in [0.25, 0.3) is 0 Å². The Kier molecular flexibility index (Phi) is 3.87. The number of para-hydroxylation sites is 1. The first-order chi connectivity index (χ1) is 8.65. The molecule has 5 nitrogen and oxygen atoms in total. The summed E-state index contributed by atoms with van der Waals surface area (Å²) in [6.45, 7) is 0.185. The molecule has 1 aliphatic heterocycles. The normalized spacial score (nSPS) is 13.4. The lowest BCUT2D eigenvalue weighted by molar-refractivity contribution is 0.348. The largest absolute Gasteiger partial charge is 0.492 e. The lowest BCUT2D eigenvalue weighted by Gasteiger charge is -2.08. The Balaban J connectivity index is 2.23. The van der Waals surface area contributed by atoms with Crippen LogP contribution < -0.4 is 9.46 Å². The van der Waals surface area contributed by atoms with E-state index in [1.165, 1.54) is 6.07 Å². The maximum Gasteiger partial charge on any atom is 0.245 e. The summed E-state index contributed by atoms with van der Waals surface area (Å²) in [6, 6.07) is 5.06. The van der Waals surface area contributed by atoms with E-state index in [4.69, 9.17) is 9.84 Å². The number of sulfonamides is 1. The molecule has 0 atom stereocenters. The van der Waals surface area contributed by atoms with Gasteiger partial charge in [-0.1, -0.05) is 24.0 Å². The van der Waals surface area contributed by atoms with Crippen molar-refractivity contribution in [2.24, 2.45) is 0 Å². The van der Waals surface area contributed by atoms with Crippen molar-refractivity contribution in [2.75, 3.05) is 19.8 Å². The first-order valence-corrected chi connectivity index (χ1v) is 6.94. The molecule has 0 saturated heterocycles. The van der Waals surface area contributed by atoms with E-state index >= 15 is 0 Å². The highest BCUT2D eigenvalue weighted by molar-refractivity contribution is 7.89. The van der Waals surface area contributed by atoms with Crippen LogP contribution in [-0.4, -0.2) is 33.3 Å². The number of rotatable bonds is 3. The van der Waals surface area contributed by atoms with Crippen LogP contribution in [0, 0.1) is 11.8 Å². The van der Waals surface area contributed by atoms with Crippen molar-refractivity contribution in [1.29, 1.82) is 0 Å². The molecule has 2 rings (SSSR count). The monoisotopic (exact) mass is 267 g/mol. The van der Waals surface area contributed by atoms with Gasteiger partial charge in [-0.05, 0) is 11.6 Å². The van der Waals surface area contributed by atoms with Crippen molar-refractivity contribution in [3.05, 3.63) is 23.8 Å². The van der Waals surface area contributed by atoms with Gasteiger partial charge in [0.25, 0.3) is 0 Å². The van der Waals surface area contributed by atoms with Gasteiger partial charge in [0, 0.05) is 6.42 Å². The third-order valence-corrected chi connectivity index (χ3v) is 3.95. The number of aliphatic hydroxyl groups is 1. The quantitative estimate of drug-likeness (QED) is 0.750. The van der Waals surface area contributed by atoms with E-state index in [-0.39, 0.29) is 18.0 Å². The Bertz CT molecular complexity index is 598. The number of fused-ring (bicyclic) bond motifs is 1. The van der Waals surface area contributed by atoms with Crippen LogP contribution in [0.3, 0.4) is 0 Å². The zero-order valence-electron chi connectivity index (χ0n) is 9.64. The fourth-order valence-electron chi connectivity index (χ4n) is 1.72. The van der Waals surface area contributed by atoms with E-state index < -0.39 is 10.0 Å². The van der Waals surface area contributed by atoms with Crippen LogP contribution in [0.1, 0.15) is 5.56 Å². The van der Waals surface area contributed by atoms with Crippen LogP contribution in [0.2, 0.25) is 0 Å². The average Bonchev–Trinajstić information content (AvgIpc) is 2.82. The zero-order chi connectivity index (χ0) is 13.0. The first-order valence-electron chi connectivity index (χ1n) is 5.46. The molecule has 1 aromatic carbocycles. The lowest BCUT2D eigenvalue weighted by Crippen LogP contribution is -2.24. The van der Waals surface area contributed by atoms with Gasteiger partial charge in [-0.3, -0.25) is 0 Å². The minimum absolute atomic E-state index is 0.0352. The van der Waals surface area contributed by atoms with Crippen molar-refractivity contribution < 1.29 is 18.3 Å². The van der Waals surface area contributed by atoms with E-state index in [0.717, 1.165) is 12.0 Å². The molecule has 1 heterocycles. The second kappa shape index (κ2) is 5.40. The van der Waals surface area contributed by atoms with Gasteiger partial charge < -0.3 is 9.84 Å². The van der Waals surface area contributed by atoms with E-state index in [2.05, 4.69) is 16.6 Å². The van der Waals surface area contributed by atoms with Crippen molar-refractivity contribution in [3.63, 3.8) is 0 Å². The predicted octanol–water partition coefficient (Wildman–Crippen LogP) is -0.105. The molecule has 0 bridgehead atoms. The van der Waals surface area contributed by atoms with Gasteiger partial charge >= 0.3 is 0 Å². The number of benzene rings is 1. The maximum atomic E-state index is 12.0. The molecule has 18 heavy (non-hydrogen) atoms. The predicted molar refractivity (Wildman–Crippen MR) is 65.7 cm³/mol. The Morgan fingerprint density at radius 2 is 2.22 bits per heavy atom. The standard InChI is InChI=1S/C12H13NO4S/c14-8-2-1-7-13-18(15,16)11-5-3-4-10-6-9-17-12(10)11/h3-5,13-14H,6-9H2. The topological polar surface area (TPSA) is 75.6 Å². The maximum absolute atomic E-state index is 12.0. The Morgan fingerprint density at radius 1 is 1.39 bits per heavy atom. The molecular weight excluding hydrogens is 254 g/mol. The third-order valence-electron chi connectivity index (χ3n) is 2.52. The zero-order valence-corrected chi connectivity index (χ0v) is 10.5. The molecule has 0 aliphatic carbocycles. The van der Waals surface area contributed by atoms with Crippen LogP contribution >= 0.6 is 0 Å². The van der Waals surface area contributed by atoms with Crippen molar-refractivity contribution in [2.45, 2.75) is 11.3 Å². The van der Waals surface area contributed by atoms with Gasteiger partial charge in [0.05, 0.1) is 13.2 Å². The van der Waals surface area contributed by atoms with Crippen molar-refractivity contribution in [1.82, 2.24) is 4.72 Å². The fourth-order valence-corrected chi connectivity index (χ4v) is 2.83. The second-order valence-electron chi connectivity index (χ2n) is 3.68. The second-order valence-corrected chi connectivity index (χ2v) is 5.41. The number of hydrogen-bond acceptors (Lipinski definition) is 4. The van der Waals surface area contributed by atoms with Gasteiger partial charge in [-0.25, -0.2) is 8.42 Å². The fraction of sp³-hybridized carbons (Fsp3) is 0.333. The molecule has 6 heteroatoms. The summed E-state index contributed by atoms with van der Waals surface area (Å²) in [5.41, 5.74) is 0.902. The summed E-state index contributed by atoms with van der Waals surface area (Å²) in [7, 11) is -3.63. The highest BCUT2D eigenvalue weighted by atomic mass is 32.2. The summed E-state index contributed by atoms with van der Waals surface area (Å²) in [5.74, 6) is 5.30. The summed E-state index contributed by atoms with van der Waals surface area (Å²) >= 11 is 0. The molecule has 1 aliphatic rings. The summed E-state index contributed by atoms with van der Waals surface area (Å²) in [4.78, 5) is 0.142. The van der Waals surface area contributed by atoms with Gasteiger partial charge in [0.1, 0.15) is 17.3 Å². The first kappa shape index (κ1) is 12.9. The van der Waals surface area contributed by atoms with E-state index in [9.17, 15) is 8.42 Å². The van der Waals surface area contributed by atoms with E-state index in [0.29, 0.717) is 12.4 Å². The van der Waals surface area contributed by atoms with E-state index in [1.807, 2.05) is 6.07 Å². The average molecular weight is 267 g/mol. The Hall–Kier alpha value is -1.55. The SMILES string of the molecule is O=S(=O)(NCC#CCO)c1cccc2c1OCC2. The number of aliphatic hydroxyl groups excluding tert-OH is 1. The molecule has 0 spiro atoms. The van der Waals surface area contributed by atoms with Gasteiger partial charge in [-0.2, -0.15) is 4.72 Å². The van der Waals surface area contributed by atoms with Crippen LogP contribution in [-0.2, 0) is 16.4 Å². The Morgan fingerprint density at radius 3 is 3.00 bits per heavy atom. The van der Waals surface area contributed by atoms with Gasteiger partial charge in [0.15, 0.2) is 0 Å². The third kappa shape index (κ3) is 2.64. The molecule has 1 aromatic rings. The van der Waals surface area contributed by atoms with Gasteiger partial charge in [-0.15, -0.1) is 0 Å². The minimum atomic E-state index is -3.63. The number of nitrogens with one attached hydrogen (secondary N) is 1. The van der Waals surface area contributed by atoms with Crippen molar-refractivity contribution in [3.8, 4) is 17.6 Å². The highest BCUT2D eigenvalue weighted by Crippen LogP contribution is 2.32. The highest BCUT2D eigenvalue weighted by Gasteiger charge is 2.24. The molecule has 0 aromatic heterocycles. The molecule has 0 radical (unpaired) electrons. The Labute approximate surface area is 106 Å². The number of hydrogen-bond donors (Lipinski definition) is 2. The van der Waals surface area contributed by atoms with Crippen LogP contribution in [0.4, 0.5) is 0 Å².